The van der Waals surface area contributed by atoms with Gasteiger partial charge in [-0.15, -0.1) is 0 Å². The molecule has 43 heavy (non-hydrogen) atoms. The van der Waals surface area contributed by atoms with Crippen LogP contribution in [0.4, 0.5) is 36.8 Å². The molecule has 238 valence electrons. The van der Waals surface area contributed by atoms with Gasteiger partial charge in [-0.3, -0.25) is 9.69 Å². The quantitative estimate of drug-likeness (QED) is 0.131. The Kier molecular flexibility index (Phi) is 10.3. The standard InChI is InChI=1S/C30H37F6N3O4/c1-5-9-20-18-22(28(42,29(31,32)33)30(34,35)36)12-15-24(20)37-16-7-8-17-39-25(40)27(6-2,38-26(39)41)21-10-13-23(14-11-21)43-19(3)4/h10-15,18-19,37,42H,5-9,16-17H2,1-4H3,(H,38,41). The number of rotatable bonds is 13. The van der Waals surface area contributed by atoms with Gasteiger partial charge in [-0.1, -0.05) is 44.5 Å². The van der Waals surface area contributed by atoms with Gasteiger partial charge in [0.25, 0.3) is 11.5 Å². The summed E-state index contributed by atoms with van der Waals surface area (Å²) in [6.45, 7) is 7.70. The van der Waals surface area contributed by atoms with Gasteiger partial charge in [0.2, 0.25) is 0 Å². The van der Waals surface area contributed by atoms with Crippen LogP contribution in [0.1, 0.15) is 70.1 Å². The lowest BCUT2D eigenvalue weighted by Crippen LogP contribution is -2.54. The lowest BCUT2D eigenvalue weighted by Gasteiger charge is -2.33. The van der Waals surface area contributed by atoms with Crippen LogP contribution in [-0.4, -0.2) is 53.5 Å². The van der Waals surface area contributed by atoms with E-state index in [4.69, 9.17) is 4.74 Å². The highest BCUT2D eigenvalue weighted by Crippen LogP contribution is 2.50. The van der Waals surface area contributed by atoms with Gasteiger partial charge in [0.15, 0.2) is 0 Å². The fourth-order valence-electron chi connectivity index (χ4n) is 5.13. The highest BCUT2D eigenvalue weighted by atomic mass is 19.4. The van der Waals surface area contributed by atoms with Crippen molar-refractivity contribution in [1.29, 1.82) is 0 Å². The number of carbonyl (C=O) groups excluding carboxylic acids is 2. The van der Waals surface area contributed by atoms with Crippen LogP contribution in [0.5, 0.6) is 5.75 Å². The van der Waals surface area contributed by atoms with Crippen molar-refractivity contribution in [3.05, 3.63) is 59.2 Å². The van der Waals surface area contributed by atoms with Crippen molar-refractivity contribution in [2.24, 2.45) is 0 Å². The number of anilines is 1. The molecule has 1 fully saturated rings. The number of aryl methyl sites for hydroxylation is 1. The number of carbonyl (C=O) groups is 2. The second-order valence-corrected chi connectivity index (χ2v) is 10.8. The number of benzene rings is 2. The normalized spacial score (nSPS) is 17.9. The fourth-order valence-corrected chi connectivity index (χ4v) is 5.13. The van der Waals surface area contributed by atoms with E-state index in [0.717, 1.165) is 17.0 Å². The largest absolute Gasteiger partial charge is 0.491 e. The van der Waals surface area contributed by atoms with Crippen molar-refractivity contribution in [2.45, 2.75) is 89.4 Å². The summed E-state index contributed by atoms with van der Waals surface area (Å²) in [4.78, 5) is 27.3. The molecular weight excluding hydrogens is 580 g/mol. The Balaban J connectivity index is 1.65. The van der Waals surface area contributed by atoms with Gasteiger partial charge in [-0.05, 0) is 68.9 Å². The number of halogens is 6. The Bertz CT molecular complexity index is 1270. The van der Waals surface area contributed by atoms with Crippen molar-refractivity contribution in [1.82, 2.24) is 10.2 Å². The Hall–Kier alpha value is -3.48. The molecule has 0 radical (unpaired) electrons. The predicted octanol–water partition coefficient (Wildman–Crippen LogP) is 6.79. The molecular formula is C30H37F6N3O4. The lowest BCUT2D eigenvalue weighted by molar-refractivity contribution is -0.376. The highest BCUT2D eigenvalue weighted by Gasteiger charge is 2.71. The number of unbranched alkanes of at least 4 members (excludes halogenated alkanes) is 1. The predicted molar refractivity (Wildman–Crippen MR) is 149 cm³/mol. The van der Waals surface area contributed by atoms with Crippen molar-refractivity contribution in [3.8, 4) is 5.75 Å². The molecule has 2 aromatic rings. The summed E-state index contributed by atoms with van der Waals surface area (Å²) < 4.78 is 85.8. The zero-order valence-electron chi connectivity index (χ0n) is 24.5. The summed E-state index contributed by atoms with van der Waals surface area (Å²) >= 11 is 0. The molecule has 7 nitrogen and oxygen atoms in total. The average molecular weight is 618 g/mol. The molecule has 3 rings (SSSR count). The molecule has 3 amide bonds. The van der Waals surface area contributed by atoms with E-state index in [1.54, 1.807) is 38.1 Å². The number of imide groups is 1. The van der Waals surface area contributed by atoms with Crippen molar-refractivity contribution in [3.63, 3.8) is 0 Å². The minimum Gasteiger partial charge on any atom is -0.491 e. The van der Waals surface area contributed by atoms with Crippen LogP contribution in [0.2, 0.25) is 0 Å². The highest BCUT2D eigenvalue weighted by molar-refractivity contribution is 6.07. The molecule has 0 spiro atoms. The van der Waals surface area contributed by atoms with Crippen LogP contribution < -0.4 is 15.4 Å². The maximum absolute atomic E-state index is 13.4. The molecule has 1 aliphatic heterocycles. The molecule has 1 unspecified atom stereocenters. The molecule has 3 N–H and O–H groups in total. The summed E-state index contributed by atoms with van der Waals surface area (Å²) in [5.74, 6) is 0.257. The Morgan fingerprint density at radius 3 is 2.14 bits per heavy atom. The SMILES string of the molecule is CCCc1cc(C(O)(C(F)(F)F)C(F)(F)F)ccc1NCCCCN1C(=O)NC(CC)(c2ccc(OC(C)C)cc2)C1=O. The molecule has 0 bridgehead atoms. The van der Waals surface area contributed by atoms with Crippen LogP contribution in [0.15, 0.2) is 42.5 Å². The van der Waals surface area contributed by atoms with E-state index in [9.17, 15) is 41.0 Å². The first kappa shape index (κ1) is 34.0. The van der Waals surface area contributed by atoms with E-state index in [-0.39, 0.29) is 37.1 Å². The lowest BCUT2D eigenvalue weighted by atomic mass is 9.87. The summed E-state index contributed by atoms with van der Waals surface area (Å²) in [7, 11) is 0. The first-order chi connectivity index (χ1) is 20.0. The summed E-state index contributed by atoms with van der Waals surface area (Å²) in [5.41, 5.74) is -6.36. The molecule has 1 saturated heterocycles. The summed E-state index contributed by atoms with van der Waals surface area (Å²) in [5, 5.41) is 15.6. The number of amides is 3. The maximum atomic E-state index is 13.4. The minimum absolute atomic E-state index is 0.0230. The van der Waals surface area contributed by atoms with Crippen LogP contribution in [0, 0.1) is 0 Å². The number of hydrogen-bond acceptors (Lipinski definition) is 5. The summed E-state index contributed by atoms with van der Waals surface area (Å²) in [6.07, 6.45) is -10.2. The second-order valence-electron chi connectivity index (χ2n) is 10.8. The van der Waals surface area contributed by atoms with Crippen LogP contribution in [0.25, 0.3) is 0 Å². The van der Waals surface area contributed by atoms with E-state index >= 15 is 0 Å². The van der Waals surface area contributed by atoms with Crippen LogP contribution in [-0.2, 0) is 22.4 Å². The average Bonchev–Trinajstić information content (AvgIpc) is 3.17. The van der Waals surface area contributed by atoms with Crippen molar-refractivity contribution in [2.75, 3.05) is 18.4 Å². The minimum atomic E-state index is -5.97. The van der Waals surface area contributed by atoms with E-state index < -0.39 is 35.1 Å². The van der Waals surface area contributed by atoms with Gasteiger partial charge in [0.05, 0.1) is 6.10 Å². The molecule has 0 saturated carbocycles. The van der Waals surface area contributed by atoms with Gasteiger partial charge in [-0.25, -0.2) is 4.79 Å². The third kappa shape index (κ3) is 6.86. The molecule has 13 heteroatoms. The first-order valence-electron chi connectivity index (χ1n) is 14.2. The number of alkyl halides is 6. The monoisotopic (exact) mass is 617 g/mol. The van der Waals surface area contributed by atoms with Crippen LogP contribution >= 0.6 is 0 Å². The topological polar surface area (TPSA) is 90.9 Å². The van der Waals surface area contributed by atoms with Gasteiger partial charge in [0.1, 0.15) is 11.3 Å². The van der Waals surface area contributed by atoms with Gasteiger partial charge >= 0.3 is 18.4 Å². The number of nitrogens with zero attached hydrogens (tertiary/aromatic N) is 1. The first-order valence-corrected chi connectivity index (χ1v) is 14.2. The Morgan fingerprint density at radius 2 is 1.60 bits per heavy atom. The van der Waals surface area contributed by atoms with E-state index in [2.05, 4.69) is 10.6 Å². The number of urea groups is 1. The number of nitrogens with one attached hydrogen (secondary N) is 2. The molecule has 0 aliphatic carbocycles. The van der Waals surface area contributed by atoms with E-state index in [0.29, 0.717) is 48.8 Å². The molecule has 2 aromatic carbocycles. The smallest absolute Gasteiger partial charge is 0.430 e. The van der Waals surface area contributed by atoms with E-state index in [1.165, 1.54) is 0 Å². The van der Waals surface area contributed by atoms with Gasteiger partial charge < -0.3 is 20.5 Å². The molecule has 0 aromatic heterocycles. The zero-order valence-corrected chi connectivity index (χ0v) is 24.5. The number of hydrogen-bond donors (Lipinski definition) is 3. The van der Waals surface area contributed by atoms with Crippen molar-refractivity contribution < 1.29 is 45.8 Å². The Morgan fingerprint density at radius 1 is 0.977 bits per heavy atom. The molecule has 1 heterocycles. The Labute approximate surface area is 246 Å². The maximum Gasteiger partial charge on any atom is 0.430 e. The van der Waals surface area contributed by atoms with Gasteiger partial charge in [-0.2, -0.15) is 26.3 Å². The number of ether oxygens (including phenoxy) is 1. The zero-order chi connectivity index (χ0) is 32.2. The van der Waals surface area contributed by atoms with E-state index in [1.807, 2.05) is 13.8 Å². The van der Waals surface area contributed by atoms with Gasteiger partial charge in [0, 0.05) is 24.3 Å². The third-order valence-corrected chi connectivity index (χ3v) is 7.41. The second kappa shape index (κ2) is 13.0. The fraction of sp³-hybridized carbons (Fsp3) is 0.533. The van der Waals surface area contributed by atoms with Crippen molar-refractivity contribution >= 4 is 17.6 Å². The third-order valence-electron chi connectivity index (χ3n) is 7.41. The molecule has 1 aliphatic rings. The molecule has 1 atom stereocenters. The number of aliphatic hydroxyl groups is 1. The van der Waals surface area contributed by atoms with Crippen LogP contribution in [0.3, 0.4) is 0 Å². The summed E-state index contributed by atoms with van der Waals surface area (Å²) in [6, 6.07) is 8.89.